The Kier molecular flexibility index (Phi) is 4.58. The Labute approximate surface area is 119 Å². The highest BCUT2D eigenvalue weighted by molar-refractivity contribution is 5.42. The smallest absolute Gasteiger partial charge is 0.122 e. The molecule has 0 bridgehead atoms. The number of aryl methyl sites for hydroxylation is 1. The van der Waals surface area contributed by atoms with Gasteiger partial charge in [-0.05, 0) is 43.3 Å². The van der Waals surface area contributed by atoms with Gasteiger partial charge in [-0.1, -0.05) is 6.07 Å². The maximum atomic E-state index is 5.32. The average molecular weight is 272 g/mol. The fourth-order valence-corrected chi connectivity index (χ4v) is 2.17. The number of pyridine rings is 1. The van der Waals surface area contributed by atoms with Gasteiger partial charge in [0.1, 0.15) is 11.5 Å². The third-order valence-corrected chi connectivity index (χ3v) is 3.26. The molecule has 1 heterocycles. The first kappa shape index (κ1) is 14.3. The summed E-state index contributed by atoms with van der Waals surface area (Å²) in [5.74, 6) is 1.55. The van der Waals surface area contributed by atoms with Gasteiger partial charge in [0.15, 0.2) is 0 Å². The number of methoxy groups -OCH3 is 2. The van der Waals surface area contributed by atoms with Crippen LogP contribution in [0, 0.1) is 6.92 Å². The maximum Gasteiger partial charge on any atom is 0.122 e. The number of hydrogen-bond acceptors (Lipinski definition) is 4. The average Bonchev–Trinajstić information content (AvgIpc) is 2.49. The fourth-order valence-electron chi connectivity index (χ4n) is 2.17. The Hall–Kier alpha value is -2.07. The van der Waals surface area contributed by atoms with Gasteiger partial charge in [-0.3, -0.25) is 4.98 Å². The molecule has 0 amide bonds. The molecule has 0 spiro atoms. The van der Waals surface area contributed by atoms with Gasteiger partial charge >= 0.3 is 0 Å². The quantitative estimate of drug-likeness (QED) is 0.909. The minimum Gasteiger partial charge on any atom is -0.497 e. The summed E-state index contributed by atoms with van der Waals surface area (Å²) in [5, 5.41) is 3.31. The second-order valence-electron chi connectivity index (χ2n) is 4.60. The summed E-state index contributed by atoms with van der Waals surface area (Å²) in [6.45, 7) is 1.98. The highest BCUT2D eigenvalue weighted by atomic mass is 16.5. The number of aromatic nitrogens is 1. The molecule has 0 fully saturated rings. The predicted molar refractivity (Wildman–Crippen MR) is 79.4 cm³/mol. The number of nitrogens with one attached hydrogen (secondary N) is 1. The normalized spacial score (nSPS) is 12.0. The van der Waals surface area contributed by atoms with E-state index in [-0.39, 0.29) is 6.04 Å². The van der Waals surface area contributed by atoms with Gasteiger partial charge < -0.3 is 14.8 Å². The van der Waals surface area contributed by atoms with Crippen LogP contribution in [0.15, 0.2) is 36.5 Å². The molecule has 1 aromatic carbocycles. The van der Waals surface area contributed by atoms with Crippen molar-refractivity contribution in [2.24, 2.45) is 0 Å². The molecule has 0 saturated carbocycles. The van der Waals surface area contributed by atoms with Crippen LogP contribution in [-0.4, -0.2) is 26.3 Å². The molecule has 4 heteroatoms. The number of rotatable bonds is 5. The summed E-state index contributed by atoms with van der Waals surface area (Å²) in [6, 6.07) is 10.0. The summed E-state index contributed by atoms with van der Waals surface area (Å²) < 4.78 is 10.6. The van der Waals surface area contributed by atoms with E-state index >= 15 is 0 Å². The Morgan fingerprint density at radius 2 is 1.65 bits per heavy atom. The summed E-state index contributed by atoms with van der Waals surface area (Å²) in [5.41, 5.74) is 3.19. The second-order valence-corrected chi connectivity index (χ2v) is 4.60. The molecule has 0 aliphatic carbocycles. The van der Waals surface area contributed by atoms with Gasteiger partial charge in [0.25, 0.3) is 0 Å². The van der Waals surface area contributed by atoms with Crippen LogP contribution >= 0.6 is 0 Å². The largest absolute Gasteiger partial charge is 0.497 e. The third-order valence-electron chi connectivity index (χ3n) is 3.26. The van der Waals surface area contributed by atoms with Gasteiger partial charge in [0, 0.05) is 18.0 Å². The Morgan fingerprint density at radius 3 is 2.10 bits per heavy atom. The van der Waals surface area contributed by atoms with E-state index in [0.717, 1.165) is 28.3 Å². The first-order valence-electron chi connectivity index (χ1n) is 6.50. The van der Waals surface area contributed by atoms with Crippen molar-refractivity contribution < 1.29 is 9.47 Å². The van der Waals surface area contributed by atoms with Crippen molar-refractivity contribution in [1.29, 1.82) is 0 Å². The monoisotopic (exact) mass is 272 g/mol. The van der Waals surface area contributed by atoms with Crippen LogP contribution in [0.4, 0.5) is 0 Å². The zero-order valence-corrected chi connectivity index (χ0v) is 12.3. The van der Waals surface area contributed by atoms with Crippen LogP contribution in [0.25, 0.3) is 0 Å². The van der Waals surface area contributed by atoms with Gasteiger partial charge in [0.05, 0.1) is 20.3 Å². The zero-order chi connectivity index (χ0) is 14.5. The topological polar surface area (TPSA) is 43.4 Å². The summed E-state index contributed by atoms with van der Waals surface area (Å²) in [4.78, 5) is 4.36. The minimum atomic E-state index is 0.0482. The number of hydrogen-bond donors (Lipinski definition) is 1. The lowest BCUT2D eigenvalue weighted by atomic mass is 9.99. The third kappa shape index (κ3) is 3.08. The molecule has 1 unspecified atom stereocenters. The first-order valence-corrected chi connectivity index (χ1v) is 6.50. The van der Waals surface area contributed by atoms with Crippen LogP contribution in [-0.2, 0) is 0 Å². The molecule has 106 valence electrons. The SMILES string of the molecule is CNC(c1ccc(C)nc1)c1cc(OC)cc(OC)c1. The van der Waals surface area contributed by atoms with Crippen LogP contribution in [0.5, 0.6) is 11.5 Å². The molecule has 0 aliphatic heterocycles. The second kappa shape index (κ2) is 6.39. The molecular weight excluding hydrogens is 252 g/mol. The first-order chi connectivity index (χ1) is 9.67. The fraction of sp³-hybridized carbons (Fsp3) is 0.312. The van der Waals surface area contributed by atoms with E-state index in [9.17, 15) is 0 Å². The molecule has 0 saturated heterocycles. The number of nitrogens with zero attached hydrogens (tertiary/aromatic N) is 1. The maximum absolute atomic E-state index is 5.32. The summed E-state index contributed by atoms with van der Waals surface area (Å²) in [6.07, 6.45) is 1.89. The molecule has 1 aromatic heterocycles. The van der Waals surface area contributed by atoms with Crippen molar-refractivity contribution in [2.45, 2.75) is 13.0 Å². The van der Waals surface area contributed by atoms with Gasteiger partial charge in [-0.2, -0.15) is 0 Å². The van der Waals surface area contributed by atoms with Crippen molar-refractivity contribution in [3.63, 3.8) is 0 Å². The Balaban J connectivity index is 2.42. The molecule has 4 nitrogen and oxygen atoms in total. The lowest BCUT2D eigenvalue weighted by Gasteiger charge is -2.18. The standard InChI is InChI=1S/C16H20N2O2/c1-11-5-6-12(10-18-11)16(17-2)13-7-14(19-3)9-15(8-13)20-4/h5-10,16-17H,1-4H3. The molecule has 0 aliphatic rings. The van der Waals surface area contributed by atoms with Crippen LogP contribution in [0.2, 0.25) is 0 Å². The highest BCUT2D eigenvalue weighted by Gasteiger charge is 2.14. The van der Waals surface area contributed by atoms with Crippen molar-refractivity contribution in [1.82, 2.24) is 10.3 Å². The summed E-state index contributed by atoms with van der Waals surface area (Å²) >= 11 is 0. The van der Waals surface area contributed by atoms with E-state index in [2.05, 4.69) is 16.4 Å². The summed E-state index contributed by atoms with van der Waals surface area (Å²) in [7, 11) is 5.23. The Morgan fingerprint density at radius 1 is 1.00 bits per heavy atom. The molecule has 2 aromatic rings. The lowest BCUT2D eigenvalue weighted by molar-refractivity contribution is 0.392. The van der Waals surface area contributed by atoms with Crippen LogP contribution in [0.1, 0.15) is 22.9 Å². The molecular formula is C16H20N2O2. The Bertz CT molecular complexity index is 545. The zero-order valence-electron chi connectivity index (χ0n) is 12.3. The van der Waals surface area contributed by atoms with Crippen molar-refractivity contribution in [3.8, 4) is 11.5 Å². The van der Waals surface area contributed by atoms with Crippen molar-refractivity contribution in [2.75, 3.05) is 21.3 Å². The molecule has 1 N–H and O–H groups in total. The molecule has 0 radical (unpaired) electrons. The van der Waals surface area contributed by atoms with Crippen molar-refractivity contribution >= 4 is 0 Å². The van der Waals surface area contributed by atoms with Crippen LogP contribution < -0.4 is 14.8 Å². The predicted octanol–water partition coefficient (Wildman–Crippen LogP) is 2.72. The van der Waals surface area contributed by atoms with E-state index in [0.29, 0.717) is 0 Å². The van der Waals surface area contributed by atoms with Crippen LogP contribution in [0.3, 0.4) is 0 Å². The van der Waals surface area contributed by atoms with E-state index in [1.807, 2.05) is 44.4 Å². The van der Waals surface area contributed by atoms with Gasteiger partial charge in [-0.25, -0.2) is 0 Å². The number of benzene rings is 1. The van der Waals surface area contributed by atoms with E-state index < -0.39 is 0 Å². The lowest BCUT2D eigenvalue weighted by Crippen LogP contribution is -2.18. The van der Waals surface area contributed by atoms with Gasteiger partial charge in [-0.15, -0.1) is 0 Å². The minimum absolute atomic E-state index is 0.0482. The molecule has 2 rings (SSSR count). The van der Waals surface area contributed by atoms with E-state index in [4.69, 9.17) is 9.47 Å². The van der Waals surface area contributed by atoms with E-state index in [1.165, 1.54) is 0 Å². The van der Waals surface area contributed by atoms with E-state index in [1.54, 1.807) is 14.2 Å². The van der Waals surface area contributed by atoms with Crippen molar-refractivity contribution in [3.05, 3.63) is 53.3 Å². The number of ether oxygens (including phenoxy) is 2. The molecule has 1 atom stereocenters. The van der Waals surface area contributed by atoms with Gasteiger partial charge in [0.2, 0.25) is 0 Å². The molecule has 20 heavy (non-hydrogen) atoms. The highest BCUT2D eigenvalue weighted by Crippen LogP contribution is 2.29.